The zero-order valence-electron chi connectivity index (χ0n) is 13.2. The molecule has 2 rings (SSSR count). The van der Waals surface area contributed by atoms with E-state index in [1.165, 1.54) is 11.3 Å². The number of methoxy groups -OCH3 is 1. The summed E-state index contributed by atoms with van der Waals surface area (Å²) in [5.74, 6) is 1.95. The van der Waals surface area contributed by atoms with Crippen molar-refractivity contribution in [1.82, 2.24) is 10.2 Å². The maximum absolute atomic E-state index is 11.9. The van der Waals surface area contributed by atoms with Gasteiger partial charge >= 0.3 is 0 Å². The van der Waals surface area contributed by atoms with Crippen molar-refractivity contribution in [2.75, 3.05) is 18.2 Å². The van der Waals surface area contributed by atoms with Crippen LogP contribution in [0.4, 0.5) is 5.13 Å². The first-order valence-electron chi connectivity index (χ1n) is 7.07. The molecule has 0 aliphatic heterocycles. The molecule has 1 amide bonds. The molecule has 1 N–H and O–H groups in total. The van der Waals surface area contributed by atoms with Gasteiger partial charge < -0.3 is 4.74 Å². The lowest BCUT2D eigenvalue weighted by Gasteiger charge is -2.04. The number of amides is 1. The van der Waals surface area contributed by atoms with Crippen LogP contribution in [-0.4, -0.2) is 34.2 Å². The number of hydrogen-bond acceptors (Lipinski definition) is 7. The van der Waals surface area contributed by atoms with Crippen LogP contribution in [0.15, 0.2) is 28.6 Å². The van der Waals surface area contributed by atoms with Crippen molar-refractivity contribution in [3.05, 3.63) is 29.8 Å². The number of thioether (sulfide) groups is 2. The zero-order chi connectivity index (χ0) is 16.7. The average Bonchev–Trinajstić information content (AvgIpc) is 2.94. The zero-order valence-corrected chi connectivity index (χ0v) is 15.7. The molecule has 1 aromatic heterocycles. The molecule has 5 nitrogen and oxygen atoms in total. The average molecular weight is 370 g/mol. The Balaban J connectivity index is 1.73. The third-order valence-electron chi connectivity index (χ3n) is 2.65. The van der Waals surface area contributed by atoms with Crippen molar-refractivity contribution in [3.63, 3.8) is 0 Å². The second kappa shape index (κ2) is 9.14. The number of nitrogens with zero attached hydrogens (tertiary/aromatic N) is 2. The first kappa shape index (κ1) is 18.1. The van der Waals surface area contributed by atoms with Crippen LogP contribution in [0.1, 0.15) is 19.4 Å². The van der Waals surface area contributed by atoms with Gasteiger partial charge in [0.15, 0.2) is 4.34 Å². The number of rotatable bonds is 8. The molecule has 0 radical (unpaired) electrons. The van der Waals surface area contributed by atoms with Crippen LogP contribution in [0.2, 0.25) is 0 Å². The number of carbonyl (C=O) groups is 1. The quantitative estimate of drug-likeness (QED) is 0.562. The number of anilines is 1. The number of benzene rings is 1. The van der Waals surface area contributed by atoms with Gasteiger partial charge in [0.25, 0.3) is 0 Å². The molecular weight excluding hydrogens is 350 g/mol. The van der Waals surface area contributed by atoms with E-state index in [9.17, 15) is 4.79 Å². The van der Waals surface area contributed by atoms with Gasteiger partial charge in [-0.25, -0.2) is 0 Å². The van der Waals surface area contributed by atoms with Gasteiger partial charge in [-0.3, -0.25) is 10.1 Å². The van der Waals surface area contributed by atoms with Crippen LogP contribution >= 0.6 is 34.9 Å². The fraction of sp³-hybridized carbons (Fsp3) is 0.400. The number of carbonyl (C=O) groups excluding carboxylic acids is 1. The Hall–Kier alpha value is -1.25. The van der Waals surface area contributed by atoms with E-state index in [4.69, 9.17) is 4.74 Å². The molecule has 23 heavy (non-hydrogen) atoms. The van der Waals surface area contributed by atoms with Crippen molar-refractivity contribution in [3.8, 4) is 5.75 Å². The predicted molar refractivity (Wildman–Crippen MR) is 98.7 cm³/mol. The Morgan fingerprint density at radius 2 is 2.04 bits per heavy atom. The summed E-state index contributed by atoms with van der Waals surface area (Å²) in [6.45, 7) is 4.19. The Morgan fingerprint density at radius 1 is 1.30 bits per heavy atom. The van der Waals surface area contributed by atoms with E-state index >= 15 is 0 Å². The molecular formula is C15H19N3O2S3. The standard InChI is InChI=1S/C15H19N3O2S3/c1-10(2)22-15-18-17-14(23-15)16-13(19)9-21-8-11-4-6-12(20-3)7-5-11/h4-7,10H,8-9H2,1-3H3,(H,16,17,19). The highest BCUT2D eigenvalue weighted by Crippen LogP contribution is 2.28. The van der Waals surface area contributed by atoms with Crippen LogP contribution in [0.25, 0.3) is 0 Å². The van der Waals surface area contributed by atoms with Crippen molar-refractivity contribution < 1.29 is 9.53 Å². The lowest BCUT2D eigenvalue weighted by atomic mass is 10.2. The number of aromatic nitrogens is 2. The summed E-state index contributed by atoms with van der Waals surface area (Å²) in [6, 6.07) is 7.85. The molecule has 0 saturated carbocycles. The molecule has 124 valence electrons. The van der Waals surface area contributed by atoms with Gasteiger partial charge in [0.05, 0.1) is 12.9 Å². The van der Waals surface area contributed by atoms with Gasteiger partial charge in [0, 0.05) is 11.0 Å². The first-order chi connectivity index (χ1) is 11.1. The molecule has 0 aliphatic rings. The van der Waals surface area contributed by atoms with Gasteiger partial charge in [-0.2, -0.15) is 0 Å². The highest BCUT2D eigenvalue weighted by atomic mass is 32.2. The summed E-state index contributed by atoms with van der Waals surface area (Å²) >= 11 is 4.61. The second-order valence-electron chi connectivity index (χ2n) is 4.93. The molecule has 0 atom stereocenters. The molecule has 1 heterocycles. The Labute approximate surface area is 148 Å². The van der Waals surface area contributed by atoms with E-state index in [0.29, 0.717) is 16.1 Å². The van der Waals surface area contributed by atoms with Crippen LogP contribution in [0, 0.1) is 0 Å². The van der Waals surface area contributed by atoms with E-state index in [-0.39, 0.29) is 5.91 Å². The molecule has 8 heteroatoms. The molecule has 1 aromatic carbocycles. The van der Waals surface area contributed by atoms with Crippen LogP contribution < -0.4 is 10.1 Å². The summed E-state index contributed by atoms with van der Waals surface area (Å²) < 4.78 is 6.00. The Morgan fingerprint density at radius 3 is 2.70 bits per heavy atom. The summed E-state index contributed by atoms with van der Waals surface area (Å²) in [6.07, 6.45) is 0. The fourth-order valence-corrected chi connectivity index (χ4v) is 4.43. The second-order valence-corrected chi connectivity index (χ2v) is 8.72. The monoisotopic (exact) mass is 369 g/mol. The minimum Gasteiger partial charge on any atom is -0.497 e. The van der Waals surface area contributed by atoms with Gasteiger partial charge in [0.2, 0.25) is 11.0 Å². The Kier molecular flexibility index (Phi) is 7.19. The lowest BCUT2D eigenvalue weighted by Crippen LogP contribution is -2.13. The van der Waals surface area contributed by atoms with Gasteiger partial charge in [0.1, 0.15) is 5.75 Å². The third kappa shape index (κ3) is 6.40. The Bertz CT molecular complexity index is 629. The largest absolute Gasteiger partial charge is 0.497 e. The van der Waals surface area contributed by atoms with E-state index in [1.807, 2.05) is 24.3 Å². The summed E-state index contributed by atoms with van der Waals surface area (Å²) in [4.78, 5) is 11.9. The van der Waals surface area contributed by atoms with Crippen LogP contribution in [0.5, 0.6) is 5.75 Å². The van der Waals surface area contributed by atoms with Crippen molar-refractivity contribution in [1.29, 1.82) is 0 Å². The number of ether oxygens (including phenoxy) is 1. The molecule has 2 aromatic rings. The molecule has 0 saturated heterocycles. The van der Waals surface area contributed by atoms with E-state index in [1.54, 1.807) is 30.6 Å². The SMILES string of the molecule is COc1ccc(CSCC(=O)Nc2nnc(SC(C)C)s2)cc1. The molecule has 0 aliphatic carbocycles. The van der Waals surface area contributed by atoms with Crippen LogP contribution in [0.3, 0.4) is 0 Å². The van der Waals surface area contributed by atoms with Crippen molar-refractivity contribution >= 4 is 45.9 Å². The molecule has 0 unspecified atom stereocenters. The van der Waals surface area contributed by atoms with E-state index in [2.05, 4.69) is 29.4 Å². The minimum absolute atomic E-state index is 0.0549. The number of nitrogens with one attached hydrogen (secondary N) is 1. The van der Waals surface area contributed by atoms with Crippen molar-refractivity contribution in [2.24, 2.45) is 0 Å². The lowest BCUT2D eigenvalue weighted by molar-refractivity contribution is -0.113. The van der Waals surface area contributed by atoms with Crippen molar-refractivity contribution in [2.45, 2.75) is 29.2 Å². The predicted octanol–water partition coefficient (Wildman–Crippen LogP) is 3.92. The highest BCUT2D eigenvalue weighted by molar-refractivity contribution is 8.01. The summed E-state index contributed by atoms with van der Waals surface area (Å²) in [5, 5.41) is 11.8. The van der Waals surface area contributed by atoms with Gasteiger partial charge in [-0.1, -0.05) is 49.1 Å². The molecule has 0 spiro atoms. The highest BCUT2D eigenvalue weighted by Gasteiger charge is 2.10. The normalized spacial score (nSPS) is 10.8. The minimum atomic E-state index is -0.0549. The third-order valence-corrected chi connectivity index (χ3v) is 5.58. The fourth-order valence-electron chi connectivity index (χ4n) is 1.65. The molecule has 0 bridgehead atoms. The maximum Gasteiger partial charge on any atom is 0.236 e. The molecule has 0 fully saturated rings. The maximum atomic E-state index is 11.9. The topological polar surface area (TPSA) is 64.1 Å². The first-order valence-corrected chi connectivity index (χ1v) is 9.92. The van der Waals surface area contributed by atoms with Gasteiger partial charge in [-0.05, 0) is 17.7 Å². The van der Waals surface area contributed by atoms with Gasteiger partial charge in [-0.15, -0.1) is 22.0 Å². The summed E-state index contributed by atoms with van der Waals surface area (Å²) in [7, 11) is 1.65. The van der Waals surface area contributed by atoms with E-state index in [0.717, 1.165) is 21.4 Å². The van der Waals surface area contributed by atoms with Crippen LogP contribution in [-0.2, 0) is 10.5 Å². The smallest absolute Gasteiger partial charge is 0.236 e. The number of hydrogen-bond donors (Lipinski definition) is 1. The van der Waals surface area contributed by atoms with E-state index < -0.39 is 0 Å². The summed E-state index contributed by atoms with van der Waals surface area (Å²) in [5.41, 5.74) is 1.16.